The van der Waals surface area contributed by atoms with E-state index in [0.29, 0.717) is 24.8 Å². The van der Waals surface area contributed by atoms with Crippen LogP contribution in [0.1, 0.15) is 61.7 Å². The number of aromatic hydroxyl groups is 2. The van der Waals surface area contributed by atoms with E-state index in [1.165, 1.54) is 19.9 Å². The number of carbonyl (C=O) groups is 3. The third-order valence-corrected chi connectivity index (χ3v) is 6.82. The summed E-state index contributed by atoms with van der Waals surface area (Å²) < 4.78 is 11.5. The van der Waals surface area contributed by atoms with Gasteiger partial charge in [-0.05, 0) is 51.3 Å². The van der Waals surface area contributed by atoms with Crippen LogP contribution in [0.15, 0.2) is 47.4 Å². The quantitative estimate of drug-likeness (QED) is 0.288. The Balaban J connectivity index is 1.67. The normalized spacial score (nSPS) is 19.7. The number of ketones is 3. The SMILES string of the molecule is CC(=O)c1c(O)c(C)c(O)c2c1OC1=CC(=O)/C(=C(/C)NCc3ccc(OCC(C)C)cc3)C(=O)[C@]12C. The second-order valence-electron chi connectivity index (χ2n) is 10.1. The molecule has 8 nitrogen and oxygen atoms in total. The van der Waals surface area contributed by atoms with Gasteiger partial charge in [0.25, 0.3) is 0 Å². The van der Waals surface area contributed by atoms with E-state index in [2.05, 4.69) is 19.2 Å². The fraction of sp³-hybridized carbons (Fsp3) is 0.345. The van der Waals surface area contributed by atoms with Crippen molar-refractivity contribution in [3.05, 3.63) is 69.6 Å². The molecule has 1 aliphatic heterocycles. The van der Waals surface area contributed by atoms with Gasteiger partial charge < -0.3 is 25.0 Å². The van der Waals surface area contributed by atoms with E-state index in [4.69, 9.17) is 9.47 Å². The van der Waals surface area contributed by atoms with Crippen LogP contribution in [-0.4, -0.2) is 34.2 Å². The van der Waals surface area contributed by atoms with Gasteiger partial charge in [-0.3, -0.25) is 14.4 Å². The number of hydrogen-bond acceptors (Lipinski definition) is 8. The molecule has 1 heterocycles. The van der Waals surface area contributed by atoms with E-state index >= 15 is 0 Å². The molecular formula is C29H31NO7. The molecule has 0 unspecified atom stereocenters. The van der Waals surface area contributed by atoms with Crippen LogP contribution in [0, 0.1) is 12.8 Å². The lowest BCUT2D eigenvalue weighted by molar-refractivity contribution is -0.123. The summed E-state index contributed by atoms with van der Waals surface area (Å²) in [4.78, 5) is 39.2. The molecule has 0 saturated carbocycles. The second kappa shape index (κ2) is 9.42. The van der Waals surface area contributed by atoms with Crippen molar-refractivity contribution in [3.63, 3.8) is 0 Å². The van der Waals surface area contributed by atoms with E-state index < -0.39 is 28.5 Å². The van der Waals surface area contributed by atoms with E-state index in [-0.39, 0.29) is 39.5 Å². The number of phenolic OH excluding ortho intramolecular Hbond substituents is 2. The van der Waals surface area contributed by atoms with Gasteiger partial charge in [-0.1, -0.05) is 26.0 Å². The summed E-state index contributed by atoms with van der Waals surface area (Å²) in [6.07, 6.45) is 1.21. The van der Waals surface area contributed by atoms with Crippen LogP contribution < -0.4 is 14.8 Å². The summed E-state index contributed by atoms with van der Waals surface area (Å²) in [5.74, 6) is -1.28. The molecule has 0 bridgehead atoms. The third kappa shape index (κ3) is 4.26. The number of ether oxygens (including phenoxy) is 2. The van der Waals surface area contributed by atoms with Crippen LogP contribution in [0.25, 0.3) is 0 Å². The van der Waals surface area contributed by atoms with Gasteiger partial charge in [-0.2, -0.15) is 0 Å². The van der Waals surface area contributed by atoms with Gasteiger partial charge in [0.1, 0.15) is 39.7 Å². The molecule has 0 fully saturated rings. The van der Waals surface area contributed by atoms with Gasteiger partial charge in [0.2, 0.25) is 0 Å². The maximum Gasteiger partial charge on any atom is 0.194 e. The fourth-order valence-electron chi connectivity index (χ4n) is 4.65. The molecule has 8 heteroatoms. The highest BCUT2D eigenvalue weighted by molar-refractivity contribution is 6.31. The van der Waals surface area contributed by atoms with Crippen molar-refractivity contribution < 1.29 is 34.1 Å². The minimum Gasteiger partial charge on any atom is -0.507 e. The third-order valence-electron chi connectivity index (χ3n) is 6.82. The Kier molecular flexibility index (Phi) is 6.62. The molecule has 2 aliphatic rings. The fourth-order valence-corrected chi connectivity index (χ4v) is 4.65. The number of Topliss-reactive ketones (excluding diaryl/α,β-unsaturated/α-hetero) is 2. The number of fused-ring (bicyclic) bond motifs is 3. The zero-order chi connectivity index (χ0) is 27.2. The van der Waals surface area contributed by atoms with Gasteiger partial charge in [0.05, 0.1) is 17.7 Å². The number of benzene rings is 2. The average molecular weight is 506 g/mol. The minimum absolute atomic E-state index is 0.00818. The Bertz CT molecular complexity index is 1380. The second-order valence-corrected chi connectivity index (χ2v) is 10.1. The first-order chi connectivity index (χ1) is 17.4. The molecule has 0 amide bonds. The molecule has 0 spiro atoms. The lowest BCUT2D eigenvalue weighted by atomic mass is 9.70. The summed E-state index contributed by atoms with van der Waals surface area (Å²) in [5, 5.41) is 24.5. The highest BCUT2D eigenvalue weighted by atomic mass is 16.5. The first-order valence-corrected chi connectivity index (χ1v) is 12.1. The molecule has 3 N–H and O–H groups in total. The standard InChI is InChI=1S/C29H31NO7/c1-14(2)13-36-19-9-7-18(8-10-19)12-30-16(4)22-20(32)11-21-29(6,28(22)35)24-26(34)15(3)25(33)23(17(5)31)27(24)37-21/h7-11,14,30,33-34H,12-13H2,1-6H3/b22-16+/t29-/m1/s1. The maximum absolute atomic E-state index is 13.8. The van der Waals surface area contributed by atoms with Crippen molar-refractivity contribution in [1.82, 2.24) is 5.32 Å². The Morgan fingerprint density at radius 3 is 2.35 bits per heavy atom. The summed E-state index contributed by atoms with van der Waals surface area (Å²) in [6, 6.07) is 7.55. The smallest absolute Gasteiger partial charge is 0.194 e. The van der Waals surface area contributed by atoms with Crippen molar-refractivity contribution in [1.29, 1.82) is 0 Å². The lowest BCUT2D eigenvalue weighted by Crippen LogP contribution is -2.41. The van der Waals surface area contributed by atoms with Crippen molar-refractivity contribution in [2.45, 2.75) is 53.5 Å². The minimum atomic E-state index is -1.54. The zero-order valence-corrected chi connectivity index (χ0v) is 21.8. The number of nitrogens with one attached hydrogen (secondary N) is 1. The number of rotatable bonds is 7. The number of carbonyl (C=O) groups excluding carboxylic acids is 3. The first kappa shape index (κ1) is 26.0. The topological polar surface area (TPSA) is 122 Å². The molecule has 194 valence electrons. The molecule has 0 radical (unpaired) electrons. The number of allylic oxidation sites excluding steroid dienone is 4. The molecule has 4 rings (SSSR count). The van der Waals surface area contributed by atoms with Gasteiger partial charge in [0.15, 0.2) is 17.3 Å². The van der Waals surface area contributed by atoms with Crippen molar-refractivity contribution in [3.8, 4) is 23.0 Å². The van der Waals surface area contributed by atoms with Crippen LogP contribution in [0.2, 0.25) is 0 Å². The van der Waals surface area contributed by atoms with Gasteiger partial charge in [-0.15, -0.1) is 0 Å². The average Bonchev–Trinajstić information content (AvgIpc) is 3.13. The van der Waals surface area contributed by atoms with Crippen LogP contribution in [0.3, 0.4) is 0 Å². The van der Waals surface area contributed by atoms with E-state index in [9.17, 15) is 24.6 Å². The van der Waals surface area contributed by atoms with Gasteiger partial charge in [0, 0.05) is 23.9 Å². The van der Waals surface area contributed by atoms with E-state index in [0.717, 1.165) is 11.3 Å². The maximum atomic E-state index is 13.8. The van der Waals surface area contributed by atoms with Crippen molar-refractivity contribution in [2.24, 2.45) is 5.92 Å². The molecule has 2 aromatic rings. The van der Waals surface area contributed by atoms with Crippen LogP contribution >= 0.6 is 0 Å². The molecule has 37 heavy (non-hydrogen) atoms. The Morgan fingerprint density at radius 2 is 1.76 bits per heavy atom. The van der Waals surface area contributed by atoms with Crippen LogP contribution in [-0.2, 0) is 21.5 Å². The predicted octanol–water partition coefficient (Wildman–Crippen LogP) is 4.39. The lowest BCUT2D eigenvalue weighted by Gasteiger charge is -2.29. The summed E-state index contributed by atoms with van der Waals surface area (Å²) in [7, 11) is 0. The molecule has 1 aliphatic carbocycles. The number of phenols is 2. The molecule has 0 saturated heterocycles. The summed E-state index contributed by atoms with van der Waals surface area (Å²) in [6.45, 7) is 11.0. The zero-order valence-electron chi connectivity index (χ0n) is 21.8. The van der Waals surface area contributed by atoms with Crippen LogP contribution in [0.4, 0.5) is 0 Å². The number of hydrogen-bond donors (Lipinski definition) is 3. The Labute approximate surface area is 215 Å². The highest BCUT2D eigenvalue weighted by Gasteiger charge is 2.56. The van der Waals surface area contributed by atoms with Crippen molar-refractivity contribution in [2.75, 3.05) is 6.61 Å². The summed E-state index contributed by atoms with van der Waals surface area (Å²) >= 11 is 0. The Hall–Kier alpha value is -4.07. The molecule has 1 atom stereocenters. The van der Waals surface area contributed by atoms with Gasteiger partial charge >= 0.3 is 0 Å². The van der Waals surface area contributed by atoms with Gasteiger partial charge in [-0.25, -0.2) is 0 Å². The Morgan fingerprint density at radius 1 is 1.11 bits per heavy atom. The van der Waals surface area contributed by atoms with E-state index in [1.54, 1.807) is 13.8 Å². The van der Waals surface area contributed by atoms with Crippen LogP contribution in [0.5, 0.6) is 23.0 Å². The summed E-state index contributed by atoms with van der Waals surface area (Å²) in [5.41, 5.74) is -0.303. The van der Waals surface area contributed by atoms with E-state index in [1.807, 2.05) is 24.3 Å². The highest BCUT2D eigenvalue weighted by Crippen LogP contribution is 2.57. The largest absolute Gasteiger partial charge is 0.507 e. The first-order valence-electron chi connectivity index (χ1n) is 12.1. The van der Waals surface area contributed by atoms with Crippen molar-refractivity contribution >= 4 is 17.3 Å². The molecule has 2 aromatic carbocycles. The molecular weight excluding hydrogens is 474 g/mol. The molecule has 0 aromatic heterocycles. The monoisotopic (exact) mass is 505 g/mol. The predicted molar refractivity (Wildman–Crippen MR) is 137 cm³/mol.